The molecule has 4 unspecified atom stereocenters. The average Bonchev–Trinajstić information content (AvgIpc) is 3.25. The summed E-state index contributed by atoms with van der Waals surface area (Å²) in [6.07, 6.45) is 2.50. The van der Waals surface area contributed by atoms with E-state index in [1.807, 2.05) is 13.8 Å². The van der Waals surface area contributed by atoms with Gasteiger partial charge in [0.2, 0.25) is 23.6 Å². The number of hydrogen-bond donors (Lipinski definition) is 6. The molecule has 4 amide bonds. The van der Waals surface area contributed by atoms with Crippen molar-refractivity contribution in [2.45, 2.75) is 89.4 Å². The number of aliphatic carboxylic acids is 1. The van der Waals surface area contributed by atoms with Crippen molar-refractivity contribution in [2.24, 2.45) is 23.1 Å². The molecular weight excluding hydrogens is 444 g/mol. The highest BCUT2D eigenvalue weighted by molar-refractivity contribution is 5.94. The Morgan fingerprint density at radius 3 is 2.24 bits per heavy atom. The van der Waals surface area contributed by atoms with Crippen LogP contribution >= 0.6 is 0 Å². The fourth-order valence-electron chi connectivity index (χ4n) is 3.96. The molecule has 34 heavy (non-hydrogen) atoms. The van der Waals surface area contributed by atoms with E-state index in [1.165, 1.54) is 4.90 Å². The summed E-state index contributed by atoms with van der Waals surface area (Å²) in [7, 11) is 0. The number of primary amides is 1. The molecule has 1 rings (SSSR count). The molecule has 1 heterocycles. The van der Waals surface area contributed by atoms with Gasteiger partial charge < -0.3 is 37.8 Å². The lowest BCUT2D eigenvalue weighted by Crippen LogP contribution is -2.57. The van der Waals surface area contributed by atoms with E-state index in [1.54, 1.807) is 0 Å². The van der Waals surface area contributed by atoms with Crippen molar-refractivity contribution in [3.63, 3.8) is 0 Å². The number of unbranched alkanes of at least 4 members (excludes halogenated alkanes) is 1. The molecule has 1 aliphatic heterocycles. The van der Waals surface area contributed by atoms with Crippen molar-refractivity contribution in [1.82, 2.24) is 15.5 Å². The SMILES string of the molecule is CC(C)CC(N)C(=O)NC(CCC(N)=O)C(=O)NC(CCCCN)C(=O)N1CCCC1C(=O)O. The molecule has 0 aromatic rings. The molecule has 0 spiro atoms. The van der Waals surface area contributed by atoms with Crippen LogP contribution in [0.1, 0.15) is 65.2 Å². The Balaban J connectivity index is 3.00. The molecule has 0 saturated carbocycles. The fourth-order valence-corrected chi connectivity index (χ4v) is 3.96. The summed E-state index contributed by atoms with van der Waals surface area (Å²) < 4.78 is 0. The van der Waals surface area contributed by atoms with E-state index >= 15 is 0 Å². The van der Waals surface area contributed by atoms with Gasteiger partial charge >= 0.3 is 5.97 Å². The lowest BCUT2D eigenvalue weighted by molar-refractivity contribution is -0.149. The first-order valence-electron chi connectivity index (χ1n) is 11.9. The minimum Gasteiger partial charge on any atom is -0.480 e. The highest BCUT2D eigenvalue weighted by Gasteiger charge is 2.38. The summed E-state index contributed by atoms with van der Waals surface area (Å²) in [5.41, 5.74) is 16.7. The van der Waals surface area contributed by atoms with Gasteiger partial charge in [0.1, 0.15) is 18.1 Å². The molecule has 9 N–H and O–H groups in total. The standard InChI is InChI=1S/C22H40N6O6/c1-13(2)12-14(24)19(30)26-15(8-9-18(25)29)20(31)27-16(6-3-4-10-23)21(32)28-11-5-7-17(28)22(33)34/h13-17H,3-12,23-24H2,1-2H3,(H2,25,29)(H,26,30)(H,27,31)(H,33,34). The maximum Gasteiger partial charge on any atom is 0.326 e. The third kappa shape index (κ3) is 9.64. The van der Waals surface area contributed by atoms with Crippen LogP contribution in [0, 0.1) is 5.92 Å². The molecule has 194 valence electrons. The number of amides is 4. The van der Waals surface area contributed by atoms with Gasteiger partial charge in [0.05, 0.1) is 6.04 Å². The minimum absolute atomic E-state index is 0.0630. The highest BCUT2D eigenvalue weighted by Crippen LogP contribution is 2.20. The highest BCUT2D eigenvalue weighted by atomic mass is 16.4. The van der Waals surface area contributed by atoms with Crippen molar-refractivity contribution in [2.75, 3.05) is 13.1 Å². The molecule has 4 atom stereocenters. The molecule has 0 aliphatic carbocycles. The van der Waals surface area contributed by atoms with Gasteiger partial charge in [-0.2, -0.15) is 0 Å². The molecule has 1 fully saturated rings. The Morgan fingerprint density at radius 1 is 1.03 bits per heavy atom. The zero-order valence-electron chi connectivity index (χ0n) is 20.1. The van der Waals surface area contributed by atoms with E-state index in [-0.39, 0.29) is 31.7 Å². The van der Waals surface area contributed by atoms with Gasteiger partial charge in [0.25, 0.3) is 0 Å². The van der Waals surface area contributed by atoms with Crippen molar-refractivity contribution >= 4 is 29.6 Å². The number of nitrogens with zero attached hydrogens (tertiary/aromatic N) is 1. The number of carbonyl (C=O) groups is 5. The molecule has 0 aromatic carbocycles. The molecule has 0 radical (unpaired) electrons. The summed E-state index contributed by atoms with van der Waals surface area (Å²) in [4.78, 5) is 62.9. The number of carboxylic acid groups (broad SMARTS) is 1. The Kier molecular flexibility index (Phi) is 12.5. The number of nitrogens with two attached hydrogens (primary N) is 3. The second-order valence-corrected chi connectivity index (χ2v) is 9.18. The summed E-state index contributed by atoms with van der Waals surface area (Å²) in [5, 5.41) is 14.6. The first-order chi connectivity index (χ1) is 16.0. The predicted molar refractivity (Wildman–Crippen MR) is 125 cm³/mol. The maximum absolute atomic E-state index is 13.2. The van der Waals surface area contributed by atoms with Gasteiger partial charge in [-0.1, -0.05) is 13.8 Å². The zero-order chi connectivity index (χ0) is 25.8. The number of carboxylic acids is 1. The summed E-state index contributed by atoms with van der Waals surface area (Å²) >= 11 is 0. The smallest absolute Gasteiger partial charge is 0.326 e. The number of carbonyl (C=O) groups excluding carboxylic acids is 4. The van der Waals surface area contributed by atoms with Crippen molar-refractivity contribution in [3.05, 3.63) is 0 Å². The Hall–Kier alpha value is -2.73. The van der Waals surface area contributed by atoms with E-state index < -0.39 is 53.8 Å². The molecule has 12 nitrogen and oxygen atoms in total. The van der Waals surface area contributed by atoms with Crippen LogP contribution in [0.2, 0.25) is 0 Å². The Morgan fingerprint density at radius 2 is 1.68 bits per heavy atom. The van der Waals surface area contributed by atoms with Gasteiger partial charge in [0, 0.05) is 13.0 Å². The fraction of sp³-hybridized carbons (Fsp3) is 0.773. The van der Waals surface area contributed by atoms with Crippen LogP contribution in [0.4, 0.5) is 0 Å². The van der Waals surface area contributed by atoms with E-state index in [4.69, 9.17) is 17.2 Å². The van der Waals surface area contributed by atoms with Crippen LogP contribution in [0.3, 0.4) is 0 Å². The van der Waals surface area contributed by atoms with E-state index in [9.17, 15) is 29.1 Å². The van der Waals surface area contributed by atoms with Crippen molar-refractivity contribution in [1.29, 1.82) is 0 Å². The van der Waals surface area contributed by atoms with Gasteiger partial charge in [-0.15, -0.1) is 0 Å². The van der Waals surface area contributed by atoms with Crippen LogP contribution < -0.4 is 27.8 Å². The third-order valence-corrected chi connectivity index (χ3v) is 5.76. The molecule has 1 aliphatic rings. The summed E-state index contributed by atoms with van der Waals surface area (Å²) in [6, 6.07) is -3.90. The molecule has 1 saturated heterocycles. The van der Waals surface area contributed by atoms with Gasteiger partial charge in [-0.05, 0) is 57.4 Å². The van der Waals surface area contributed by atoms with E-state index in [0.717, 1.165) is 0 Å². The predicted octanol–water partition coefficient (Wildman–Crippen LogP) is -1.20. The second-order valence-electron chi connectivity index (χ2n) is 9.18. The second kappa shape index (κ2) is 14.5. The Labute approximate surface area is 200 Å². The topological polar surface area (TPSA) is 211 Å². The summed E-state index contributed by atoms with van der Waals surface area (Å²) in [5.74, 6) is -3.28. The third-order valence-electron chi connectivity index (χ3n) is 5.76. The van der Waals surface area contributed by atoms with Crippen molar-refractivity contribution in [3.8, 4) is 0 Å². The largest absolute Gasteiger partial charge is 0.480 e. The van der Waals surface area contributed by atoms with Crippen LogP contribution in [0.5, 0.6) is 0 Å². The van der Waals surface area contributed by atoms with Crippen LogP contribution in [-0.4, -0.2) is 76.9 Å². The molecular formula is C22H40N6O6. The molecule has 0 bridgehead atoms. The van der Waals surface area contributed by atoms with Gasteiger partial charge in [-0.25, -0.2) is 4.79 Å². The van der Waals surface area contributed by atoms with Crippen LogP contribution in [-0.2, 0) is 24.0 Å². The molecule has 0 aromatic heterocycles. The summed E-state index contributed by atoms with van der Waals surface area (Å²) in [6.45, 7) is 4.50. The van der Waals surface area contributed by atoms with E-state index in [2.05, 4.69) is 10.6 Å². The average molecular weight is 485 g/mol. The van der Waals surface area contributed by atoms with Crippen molar-refractivity contribution < 1.29 is 29.1 Å². The monoisotopic (exact) mass is 484 g/mol. The maximum atomic E-state index is 13.2. The lowest BCUT2D eigenvalue weighted by atomic mass is 10.0. The first kappa shape index (κ1) is 29.3. The zero-order valence-corrected chi connectivity index (χ0v) is 20.1. The minimum atomic E-state index is -1.13. The lowest BCUT2D eigenvalue weighted by Gasteiger charge is -2.29. The first-order valence-corrected chi connectivity index (χ1v) is 11.9. The van der Waals surface area contributed by atoms with E-state index in [0.29, 0.717) is 38.6 Å². The van der Waals surface area contributed by atoms with Gasteiger partial charge in [0.15, 0.2) is 0 Å². The van der Waals surface area contributed by atoms with Crippen LogP contribution in [0.15, 0.2) is 0 Å². The quantitative estimate of drug-likeness (QED) is 0.155. The van der Waals surface area contributed by atoms with Crippen LogP contribution in [0.25, 0.3) is 0 Å². The number of rotatable bonds is 15. The number of hydrogen-bond acceptors (Lipinski definition) is 7. The molecule has 12 heteroatoms. The number of nitrogens with one attached hydrogen (secondary N) is 2. The number of likely N-dealkylation sites (tertiary alicyclic amines) is 1. The normalized spacial score (nSPS) is 18.3. The van der Waals surface area contributed by atoms with Gasteiger partial charge in [-0.3, -0.25) is 19.2 Å². The Bertz CT molecular complexity index is 731.